The Bertz CT molecular complexity index is 301. The predicted octanol–water partition coefficient (Wildman–Crippen LogP) is 1.20. The van der Waals surface area contributed by atoms with Crippen LogP contribution in [0, 0.1) is 0 Å². The van der Waals surface area contributed by atoms with Crippen LogP contribution in [0.4, 0.5) is 0 Å². The number of methoxy groups -OCH3 is 1. The number of carbonyl (C=O) groups is 1. The minimum Gasteiger partial charge on any atom is -0.371 e. The highest BCUT2D eigenvalue weighted by molar-refractivity contribution is 7.90. The fraction of sp³-hybridized carbons (Fsp3) is 0.900. The van der Waals surface area contributed by atoms with Crippen LogP contribution in [0.3, 0.4) is 0 Å². The Balaban J connectivity index is 4.15. The average molecular weight is 236 g/mol. The minimum absolute atomic E-state index is 0.0313. The lowest BCUT2D eigenvalue weighted by molar-refractivity contribution is -0.139. The number of ether oxygens (including phenoxy) is 1. The van der Waals surface area contributed by atoms with E-state index in [0.29, 0.717) is 12.8 Å². The summed E-state index contributed by atoms with van der Waals surface area (Å²) in [7, 11) is -1.47. The predicted molar refractivity (Wildman–Crippen MR) is 59.7 cm³/mol. The largest absolute Gasteiger partial charge is 0.371 e. The van der Waals surface area contributed by atoms with E-state index in [-0.39, 0.29) is 18.0 Å². The van der Waals surface area contributed by atoms with Crippen LogP contribution in [0.5, 0.6) is 0 Å². The number of hydrogen-bond donors (Lipinski definition) is 0. The van der Waals surface area contributed by atoms with Gasteiger partial charge >= 0.3 is 0 Å². The van der Waals surface area contributed by atoms with Crippen LogP contribution >= 0.6 is 0 Å². The van der Waals surface area contributed by atoms with Gasteiger partial charge in [0.15, 0.2) is 5.78 Å². The Labute approximate surface area is 91.9 Å². The molecule has 0 spiro atoms. The first-order chi connectivity index (χ1) is 6.75. The maximum Gasteiger partial charge on any atom is 0.164 e. The lowest BCUT2D eigenvalue weighted by Gasteiger charge is -2.24. The first-order valence-corrected chi connectivity index (χ1v) is 7.07. The van der Waals surface area contributed by atoms with Crippen molar-refractivity contribution in [2.45, 2.75) is 38.7 Å². The van der Waals surface area contributed by atoms with E-state index in [1.165, 1.54) is 13.4 Å². The van der Waals surface area contributed by atoms with Gasteiger partial charge in [0.05, 0.1) is 5.75 Å². The third-order valence-corrected chi connectivity index (χ3v) is 3.66. The van der Waals surface area contributed by atoms with Gasteiger partial charge in [-0.3, -0.25) is 4.79 Å². The number of carbonyl (C=O) groups excluding carboxylic acids is 1. The second-order valence-electron chi connectivity index (χ2n) is 3.95. The molecule has 90 valence electrons. The summed E-state index contributed by atoms with van der Waals surface area (Å²) in [6.07, 6.45) is 2.40. The van der Waals surface area contributed by atoms with Crippen LogP contribution in [0.15, 0.2) is 0 Å². The summed E-state index contributed by atoms with van der Waals surface area (Å²) in [6, 6.07) is 0. The van der Waals surface area contributed by atoms with E-state index < -0.39 is 15.4 Å². The summed E-state index contributed by atoms with van der Waals surface area (Å²) in [5, 5.41) is 0. The molecular weight excluding hydrogens is 216 g/mol. The summed E-state index contributed by atoms with van der Waals surface area (Å²) in [6.45, 7) is 3.60. The fourth-order valence-corrected chi connectivity index (χ4v) is 1.88. The fourth-order valence-electron chi connectivity index (χ4n) is 1.21. The Kier molecular flexibility index (Phi) is 5.45. The van der Waals surface area contributed by atoms with Crippen molar-refractivity contribution in [1.82, 2.24) is 0 Å². The molecule has 0 N–H and O–H groups in total. The molecule has 0 saturated heterocycles. The molecule has 0 heterocycles. The van der Waals surface area contributed by atoms with Crippen LogP contribution in [-0.4, -0.2) is 38.9 Å². The van der Waals surface area contributed by atoms with Gasteiger partial charge in [0, 0.05) is 19.8 Å². The van der Waals surface area contributed by atoms with Crippen molar-refractivity contribution in [3.8, 4) is 0 Å². The maximum absolute atomic E-state index is 11.7. The van der Waals surface area contributed by atoms with Crippen molar-refractivity contribution in [1.29, 1.82) is 0 Å². The Hall–Kier alpha value is -0.420. The van der Waals surface area contributed by atoms with Gasteiger partial charge < -0.3 is 4.74 Å². The van der Waals surface area contributed by atoms with Gasteiger partial charge in [-0.05, 0) is 19.8 Å². The highest BCUT2D eigenvalue weighted by Crippen LogP contribution is 2.18. The molecular formula is C10H20O4S. The molecule has 0 radical (unpaired) electrons. The second-order valence-corrected chi connectivity index (χ2v) is 6.20. The van der Waals surface area contributed by atoms with Crippen molar-refractivity contribution in [3.63, 3.8) is 0 Å². The zero-order valence-electron chi connectivity index (χ0n) is 9.87. The van der Waals surface area contributed by atoms with Crippen LogP contribution in [-0.2, 0) is 19.4 Å². The smallest absolute Gasteiger partial charge is 0.164 e. The molecule has 0 aromatic carbocycles. The zero-order valence-corrected chi connectivity index (χ0v) is 10.7. The van der Waals surface area contributed by atoms with Crippen LogP contribution in [0.25, 0.3) is 0 Å². The van der Waals surface area contributed by atoms with Gasteiger partial charge in [-0.15, -0.1) is 0 Å². The molecule has 0 aliphatic rings. The van der Waals surface area contributed by atoms with E-state index in [2.05, 4.69) is 0 Å². The Morgan fingerprint density at radius 1 is 1.40 bits per heavy atom. The van der Waals surface area contributed by atoms with Crippen LogP contribution < -0.4 is 0 Å². The molecule has 0 aliphatic carbocycles. The number of sulfone groups is 1. The summed E-state index contributed by atoms with van der Waals surface area (Å²) >= 11 is 0. The van der Waals surface area contributed by atoms with Crippen molar-refractivity contribution in [2.75, 3.05) is 19.1 Å². The number of rotatable bonds is 7. The minimum atomic E-state index is -2.97. The molecule has 4 nitrogen and oxygen atoms in total. The van der Waals surface area contributed by atoms with E-state index in [9.17, 15) is 13.2 Å². The van der Waals surface area contributed by atoms with E-state index >= 15 is 0 Å². The molecule has 0 saturated carbocycles. The van der Waals surface area contributed by atoms with Gasteiger partial charge in [-0.25, -0.2) is 8.42 Å². The van der Waals surface area contributed by atoms with Gasteiger partial charge in [0.1, 0.15) is 15.4 Å². The number of Topliss-reactive ketones (excluding diaryl/α,β-unsaturated/α-hetero) is 1. The van der Waals surface area contributed by atoms with Gasteiger partial charge in [-0.2, -0.15) is 0 Å². The van der Waals surface area contributed by atoms with E-state index in [4.69, 9.17) is 4.74 Å². The highest BCUT2D eigenvalue weighted by atomic mass is 32.2. The highest BCUT2D eigenvalue weighted by Gasteiger charge is 2.29. The summed E-state index contributed by atoms with van der Waals surface area (Å²) in [5.74, 6) is 0.0264. The molecule has 0 bridgehead atoms. The van der Waals surface area contributed by atoms with E-state index in [0.717, 1.165) is 0 Å². The van der Waals surface area contributed by atoms with Gasteiger partial charge in [0.2, 0.25) is 0 Å². The lowest BCUT2D eigenvalue weighted by Crippen LogP contribution is -2.36. The first-order valence-electron chi connectivity index (χ1n) is 5.01. The number of ketones is 1. The molecule has 1 unspecified atom stereocenters. The Morgan fingerprint density at radius 3 is 2.27 bits per heavy atom. The molecule has 0 fully saturated rings. The average Bonchev–Trinajstić information content (AvgIpc) is 2.14. The molecule has 0 rings (SSSR count). The quantitative estimate of drug-likeness (QED) is 0.666. The van der Waals surface area contributed by atoms with Crippen molar-refractivity contribution in [2.24, 2.45) is 0 Å². The summed E-state index contributed by atoms with van der Waals surface area (Å²) in [4.78, 5) is 11.7. The van der Waals surface area contributed by atoms with Crippen LogP contribution in [0.1, 0.15) is 33.1 Å². The third kappa shape index (κ3) is 5.28. The summed E-state index contributed by atoms with van der Waals surface area (Å²) in [5.41, 5.74) is -0.766. The third-order valence-electron chi connectivity index (χ3n) is 2.63. The monoisotopic (exact) mass is 236 g/mol. The standard InChI is InChI=1S/C10H20O4S/c1-5-10(2,14-3)9(11)7-6-8-15(4,12)13/h5-8H2,1-4H3. The lowest BCUT2D eigenvalue weighted by atomic mass is 9.94. The zero-order chi connectivity index (χ0) is 12.1. The molecule has 5 heteroatoms. The second kappa shape index (κ2) is 5.61. The molecule has 15 heavy (non-hydrogen) atoms. The molecule has 0 amide bonds. The molecule has 0 aromatic heterocycles. The molecule has 0 aliphatic heterocycles. The van der Waals surface area contributed by atoms with Crippen molar-refractivity contribution < 1.29 is 17.9 Å². The summed E-state index contributed by atoms with van der Waals surface area (Å²) < 4.78 is 26.9. The van der Waals surface area contributed by atoms with E-state index in [1.807, 2.05) is 6.92 Å². The van der Waals surface area contributed by atoms with E-state index in [1.54, 1.807) is 6.92 Å². The first kappa shape index (κ1) is 14.6. The van der Waals surface area contributed by atoms with Crippen LogP contribution in [0.2, 0.25) is 0 Å². The molecule has 1 atom stereocenters. The molecule has 0 aromatic rings. The van der Waals surface area contributed by atoms with Gasteiger partial charge in [0.25, 0.3) is 0 Å². The Morgan fingerprint density at radius 2 is 1.93 bits per heavy atom. The SMILES string of the molecule is CCC(C)(OC)C(=O)CCCS(C)(=O)=O. The topological polar surface area (TPSA) is 60.4 Å². The van der Waals surface area contributed by atoms with Gasteiger partial charge in [-0.1, -0.05) is 6.92 Å². The maximum atomic E-state index is 11.7. The normalized spacial score (nSPS) is 16.0. The van der Waals surface area contributed by atoms with Crippen molar-refractivity contribution >= 4 is 15.6 Å². The number of hydrogen-bond acceptors (Lipinski definition) is 4. The van der Waals surface area contributed by atoms with Crippen molar-refractivity contribution in [3.05, 3.63) is 0 Å².